The second-order valence-electron chi connectivity index (χ2n) is 7.51. The van der Waals surface area contributed by atoms with E-state index in [-0.39, 0.29) is 12.0 Å². The first-order chi connectivity index (χ1) is 13.2. The van der Waals surface area contributed by atoms with Crippen LogP contribution in [0.1, 0.15) is 44.9 Å². The lowest BCUT2D eigenvalue weighted by molar-refractivity contribution is -0.148. The van der Waals surface area contributed by atoms with E-state index in [2.05, 4.69) is 31.4 Å². The Hall–Kier alpha value is -2.86. The van der Waals surface area contributed by atoms with Crippen molar-refractivity contribution in [2.45, 2.75) is 45.3 Å². The molecule has 150 valence electrons. The number of nitrogens with one attached hydrogen (secondary N) is 2. The Morgan fingerprint density at radius 1 is 1.04 bits per heavy atom. The van der Waals surface area contributed by atoms with Gasteiger partial charge in [0.05, 0.1) is 6.61 Å². The van der Waals surface area contributed by atoms with E-state index in [1.165, 1.54) is 0 Å². The highest BCUT2D eigenvalue weighted by molar-refractivity contribution is 5.92. The second-order valence-corrected chi connectivity index (χ2v) is 7.51. The number of anilines is 1. The van der Waals surface area contributed by atoms with Crippen molar-refractivity contribution in [2.75, 3.05) is 11.9 Å². The predicted octanol–water partition coefficient (Wildman–Crippen LogP) is 3.77. The van der Waals surface area contributed by atoms with Gasteiger partial charge >= 0.3 is 12.0 Å². The number of aliphatic hydroxyl groups excluding tert-OH is 1. The van der Waals surface area contributed by atoms with E-state index in [9.17, 15) is 14.7 Å². The second kappa shape index (κ2) is 9.37. The maximum Gasteiger partial charge on any atom is 0.331 e. The van der Waals surface area contributed by atoms with Crippen LogP contribution in [0.15, 0.2) is 54.6 Å². The molecule has 2 amide bonds. The molecule has 2 rings (SSSR count). The Kier molecular flexibility index (Phi) is 7.18. The number of carbonyl (C=O) groups is 2. The molecule has 0 heterocycles. The lowest BCUT2D eigenvalue weighted by Crippen LogP contribution is -2.47. The van der Waals surface area contributed by atoms with Crippen LogP contribution in [0.2, 0.25) is 0 Å². The number of rotatable bonds is 6. The van der Waals surface area contributed by atoms with E-state index >= 15 is 0 Å². The normalized spacial score (nSPS) is 13.3. The fourth-order valence-electron chi connectivity index (χ4n) is 2.70. The van der Waals surface area contributed by atoms with Crippen molar-refractivity contribution in [3.05, 3.63) is 65.7 Å². The molecule has 3 N–H and O–H groups in total. The first-order valence-corrected chi connectivity index (χ1v) is 9.30. The summed E-state index contributed by atoms with van der Waals surface area (Å²) in [7, 11) is 0. The van der Waals surface area contributed by atoms with Gasteiger partial charge in [-0.3, -0.25) is 0 Å². The molecule has 0 saturated carbocycles. The van der Waals surface area contributed by atoms with Crippen molar-refractivity contribution >= 4 is 17.7 Å². The van der Waals surface area contributed by atoms with Gasteiger partial charge < -0.3 is 20.5 Å². The molecule has 2 aromatic rings. The average Bonchev–Trinajstić information content (AvgIpc) is 2.66. The fourth-order valence-corrected chi connectivity index (χ4v) is 2.70. The molecule has 0 aliphatic heterocycles. The number of hydrogen-bond donors (Lipinski definition) is 3. The summed E-state index contributed by atoms with van der Waals surface area (Å²) in [6, 6.07) is 14.3. The molecule has 0 radical (unpaired) electrons. The summed E-state index contributed by atoms with van der Waals surface area (Å²) in [4.78, 5) is 24.7. The summed E-state index contributed by atoms with van der Waals surface area (Å²) >= 11 is 0. The van der Waals surface area contributed by atoms with E-state index in [4.69, 9.17) is 4.74 Å². The van der Waals surface area contributed by atoms with Gasteiger partial charge in [0.2, 0.25) is 0 Å². The third-order valence-electron chi connectivity index (χ3n) is 4.29. The number of urea groups is 1. The number of esters is 1. The fraction of sp³-hybridized carbons (Fsp3) is 0.364. The molecule has 0 bridgehead atoms. The molecular formula is C22H28N2O4. The van der Waals surface area contributed by atoms with Crippen molar-refractivity contribution in [2.24, 2.45) is 0 Å². The van der Waals surface area contributed by atoms with Gasteiger partial charge in [-0.25, -0.2) is 9.59 Å². The largest absolute Gasteiger partial charge is 0.464 e. The number of carbonyl (C=O) groups excluding carboxylic acids is 2. The van der Waals surface area contributed by atoms with Crippen molar-refractivity contribution in [1.82, 2.24) is 5.32 Å². The molecule has 0 aromatic heterocycles. The average molecular weight is 384 g/mol. The van der Waals surface area contributed by atoms with Crippen LogP contribution in [0.4, 0.5) is 10.5 Å². The van der Waals surface area contributed by atoms with Gasteiger partial charge in [0, 0.05) is 5.69 Å². The van der Waals surface area contributed by atoms with Crippen molar-refractivity contribution < 1.29 is 19.4 Å². The Balaban J connectivity index is 2.10. The maximum absolute atomic E-state index is 12.4. The van der Waals surface area contributed by atoms with Crippen molar-refractivity contribution in [1.29, 1.82) is 0 Å². The Morgan fingerprint density at radius 2 is 1.64 bits per heavy atom. The lowest BCUT2D eigenvalue weighted by Gasteiger charge is -2.23. The molecule has 6 heteroatoms. The standard InChI is InChI=1S/C22H28N2O4/c1-5-28-20(26)18(19(25)15-9-7-6-8-10-15)24-21(27)23-17-13-11-16(12-14-17)22(2,3)4/h6-14,18-19,25H,5H2,1-4H3,(H2,23,24,27). The minimum atomic E-state index is -1.23. The Bertz CT molecular complexity index is 782. The van der Waals surface area contributed by atoms with Crippen LogP contribution in [0, 0.1) is 0 Å². The molecule has 6 nitrogen and oxygen atoms in total. The van der Waals surface area contributed by atoms with Crippen LogP contribution < -0.4 is 10.6 Å². The highest BCUT2D eigenvalue weighted by Crippen LogP contribution is 2.23. The molecule has 2 atom stereocenters. The summed E-state index contributed by atoms with van der Waals surface area (Å²) in [6.07, 6.45) is -1.23. The Morgan fingerprint density at radius 3 is 2.18 bits per heavy atom. The van der Waals surface area contributed by atoms with Crippen molar-refractivity contribution in [3.8, 4) is 0 Å². The zero-order valence-corrected chi connectivity index (χ0v) is 16.7. The zero-order chi connectivity index (χ0) is 20.7. The van der Waals surface area contributed by atoms with Gasteiger partial charge in [-0.2, -0.15) is 0 Å². The van der Waals surface area contributed by atoms with Gasteiger partial charge in [0.1, 0.15) is 6.10 Å². The van der Waals surface area contributed by atoms with Gasteiger partial charge in [0.15, 0.2) is 6.04 Å². The number of benzene rings is 2. The zero-order valence-electron chi connectivity index (χ0n) is 16.7. The number of amides is 2. The molecule has 2 unspecified atom stereocenters. The summed E-state index contributed by atoms with van der Waals surface area (Å²) in [5, 5.41) is 15.8. The minimum Gasteiger partial charge on any atom is -0.464 e. The van der Waals surface area contributed by atoms with Crippen LogP contribution in [0.25, 0.3) is 0 Å². The van der Waals surface area contributed by atoms with E-state index < -0.39 is 24.1 Å². The van der Waals surface area contributed by atoms with Crippen LogP contribution in [0.5, 0.6) is 0 Å². The smallest absolute Gasteiger partial charge is 0.331 e. The summed E-state index contributed by atoms with van der Waals surface area (Å²) in [6.45, 7) is 8.14. The maximum atomic E-state index is 12.4. The van der Waals surface area contributed by atoms with Crippen molar-refractivity contribution in [3.63, 3.8) is 0 Å². The monoisotopic (exact) mass is 384 g/mol. The van der Waals surface area contributed by atoms with E-state index in [1.54, 1.807) is 49.4 Å². The molecule has 0 fully saturated rings. The lowest BCUT2D eigenvalue weighted by atomic mass is 9.87. The van der Waals surface area contributed by atoms with Gasteiger partial charge in [-0.1, -0.05) is 63.2 Å². The van der Waals surface area contributed by atoms with E-state index in [0.717, 1.165) is 5.56 Å². The van der Waals surface area contributed by atoms with E-state index in [1.807, 2.05) is 12.1 Å². The number of aliphatic hydroxyl groups is 1. The Labute approximate surface area is 165 Å². The number of hydrogen-bond acceptors (Lipinski definition) is 4. The number of ether oxygens (including phenoxy) is 1. The SMILES string of the molecule is CCOC(=O)C(NC(=O)Nc1ccc(C(C)(C)C)cc1)C(O)c1ccccc1. The predicted molar refractivity (Wildman–Crippen MR) is 109 cm³/mol. The minimum absolute atomic E-state index is 0.00951. The van der Waals surface area contributed by atoms with Gasteiger partial charge in [-0.15, -0.1) is 0 Å². The van der Waals surface area contributed by atoms with Gasteiger partial charge in [-0.05, 0) is 35.6 Å². The highest BCUT2D eigenvalue weighted by Gasteiger charge is 2.31. The van der Waals surface area contributed by atoms with Crippen LogP contribution in [0.3, 0.4) is 0 Å². The van der Waals surface area contributed by atoms with E-state index in [0.29, 0.717) is 11.3 Å². The summed E-state index contributed by atoms with van der Waals surface area (Å²) in [5.74, 6) is -0.697. The first-order valence-electron chi connectivity index (χ1n) is 9.30. The van der Waals surface area contributed by atoms with Gasteiger partial charge in [0.25, 0.3) is 0 Å². The molecular weight excluding hydrogens is 356 g/mol. The highest BCUT2D eigenvalue weighted by atomic mass is 16.5. The third-order valence-corrected chi connectivity index (χ3v) is 4.29. The summed E-state index contributed by atoms with van der Waals surface area (Å²) in [5.41, 5.74) is 2.25. The topological polar surface area (TPSA) is 87.7 Å². The third kappa shape index (κ3) is 5.82. The molecule has 0 spiro atoms. The molecule has 0 aliphatic rings. The van der Waals surface area contributed by atoms with Crippen LogP contribution in [-0.4, -0.2) is 29.8 Å². The molecule has 0 saturated heterocycles. The summed E-state index contributed by atoms with van der Waals surface area (Å²) < 4.78 is 5.01. The molecule has 2 aromatic carbocycles. The quantitative estimate of drug-likeness (QED) is 0.662. The van der Waals surface area contributed by atoms with Crippen LogP contribution >= 0.6 is 0 Å². The van der Waals surface area contributed by atoms with Crippen LogP contribution in [-0.2, 0) is 14.9 Å². The molecule has 0 aliphatic carbocycles. The molecule has 28 heavy (non-hydrogen) atoms. The first kappa shape index (κ1) is 21.4.